The van der Waals surface area contributed by atoms with E-state index in [1.54, 1.807) is 0 Å². The molecular formula is C10H14N2O4. The predicted molar refractivity (Wildman–Crippen MR) is 55.3 cm³/mol. The maximum atomic E-state index is 11.5. The number of nitrogens with two attached hydrogens (primary N) is 1. The molecule has 1 fully saturated rings. The number of carboxylic acids is 1. The number of carboxylic acid groups (broad SMARTS) is 1. The van der Waals surface area contributed by atoms with Gasteiger partial charge in [-0.1, -0.05) is 6.08 Å². The van der Waals surface area contributed by atoms with E-state index in [1.807, 2.05) is 0 Å². The number of likely N-dealkylation sites (tertiary alicyclic amines) is 1. The van der Waals surface area contributed by atoms with Gasteiger partial charge in [0.15, 0.2) is 0 Å². The average molecular weight is 226 g/mol. The highest BCUT2D eigenvalue weighted by atomic mass is 16.4. The quantitative estimate of drug-likeness (QED) is 0.608. The van der Waals surface area contributed by atoms with Crippen molar-refractivity contribution in [1.82, 2.24) is 4.90 Å². The van der Waals surface area contributed by atoms with Gasteiger partial charge >= 0.3 is 5.97 Å². The number of nitrogens with zero attached hydrogens (tertiary/aromatic N) is 1. The van der Waals surface area contributed by atoms with Gasteiger partial charge in [0.2, 0.25) is 11.8 Å². The molecule has 1 saturated heterocycles. The van der Waals surface area contributed by atoms with Crippen LogP contribution in [0.15, 0.2) is 12.7 Å². The minimum absolute atomic E-state index is 0.00371. The SMILES string of the molecule is C=CCC(C(=O)O)N1CC(C(N)=O)CC1=O. The zero-order valence-corrected chi connectivity index (χ0v) is 8.76. The van der Waals surface area contributed by atoms with Gasteiger partial charge in [-0.25, -0.2) is 4.79 Å². The van der Waals surface area contributed by atoms with Crippen molar-refractivity contribution in [1.29, 1.82) is 0 Å². The number of amides is 2. The largest absolute Gasteiger partial charge is 0.480 e. The second-order valence-electron chi connectivity index (χ2n) is 3.73. The average Bonchev–Trinajstić information content (AvgIpc) is 2.56. The highest BCUT2D eigenvalue weighted by Crippen LogP contribution is 2.21. The van der Waals surface area contributed by atoms with Gasteiger partial charge in [-0.15, -0.1) is 6.58 Å². The van der Waals surface area contributed by atoms with Gasteiger partial charge in [0.1, 0.15) is 6.04 Å². The Hall–Kier alpha value is -1.85. The van der Waals surface area contributed by atoms with Crippen LogP contribution < -0.4 is 5.73 Å². The van der Waals surface area contributed by atoms with Crippen LogP contribution in [0.5, 0.6) is 0 Å². The van der Waals surface area contributed by atoms with Gasteiger partial charge in [0.05, 0.1) is 5.92 Å². The van der Waals surface area contributed by atoms with Gasteiger partial charge in [-0.2, -0.15) is 0 Å². The van der Waals surface area contributed by atoms with E-state index in [2.05, 4.69) is 6.58 Å². The number of carbonyl (C=O) groups excluding carboxylic acids is 2. The fraction of sp³-hybridized carbons (Fsp3) is 0.500. The zero-order chi connectivity index (χ0) is 12.3. The lowest BCUT2D eigenvalue weighted by Crippen LogP contribution is -2.42. The summed E-state index contributed by atoms with van der Waals surface area (Å²) in [5, 5.41) is 8.95. The number of hydrogen-bond acceptors (Lipinski definition) is 3. The van der Waals surface area contributed by atoms with Gasteiger partial charge in [0.25, 0.3) is 0 Å². The Bertz CT molecular complexity index is 340. The van der Waals surface area contributed by atoms with E-state index < -0.39 is 23.8 Å². The summed E-state index contributed by atoms with van der Waals surface area (Å²) in [4.78, 5) is 34.6. The number of aliphatic carboxylic acids is 1. The topological polar surface area (TPSA) is 101 Å². The molecule has 2 unspecified atom stereocenters. The summed E-state index contributed by atoms with van der Waals surface area (Å²) in [6, 6.07) is -0.950. The van der Waals surface area contributed by atoms with Gasteiger partial charge in [-0.05, 0) is 6.42 Å². The van der Waals surface area contributed by atoms with Crippen LogP contribution in [0, 0.1) is 5.92 Å². The molecule has 16 heavy (non-hydrogen) atoms. The number of rotatable bonds is 5. The molecule has 0 saturated carbocycles. The first kappa shape index (κ1) is 12.2. The molecule has 1 aliphatic rings. The van der Waals surface area contributed by atoms with E-state index in [4.69, 9.17) is 10.8 Å². The van der Waals surface area contributed by atoms with Crippen molar-refractivity contribution in [3.63, 3.8) is 0 Å². The first-order valence-electron chi connectivity index (χ1n) is 4.89. The monoisotopic (exact) mass is 226 g/mol. The van der Waals surface area contributed by atoms with E-state index in [-0.39, 0.29) is 25.3 Å². The Morgan fingerprint density at radius 3 is 2.69 bits per heavy atom. The van der Waals surface area contributed by atoms with Crippen LogP contribution in [0.3, 0.4) is 0 Å². The Morgan fingerprint density at radius 1 is 1.69 bits per heavy atom. The molecule has 0 radical (unpaired) electrons. The molecule has 0 aromatic heterocycles. The van der Waals surface area contributed by atoms with Gasteiger partial charge in [0, 0.05) is 13.0 Å². The number of primary amides is 1. The zero-order valence-electron chi connectivity index (χ0n) is 8.76. The Kier molecular flexibility index (Phi) is 3.65. The van der Waals surface area contributed by atoms with E-state index in [0.717, 1.165) is 0 Å². The van der Waals surface area contributed by atoms with Crippen LogP contribution >= 0.6 is 0 Å². The fourth-order valence-electron chi connectivity index (χ4n) is 1.74. The molecule has 0 aliphatic carbocycles. The van der Waals surface area contributed by atoms with Gasteiger partial charge < -0.3 is 15.7 Å². The van der Waals surface area contributed by atoms with Gasteiger partial charge in [-0.3, -0.25) is 9.59 Å². The predicted octanol–water partition coefficient (Wildman–Crippen LogP) is -0.650. The van der Waals surface area contributed by atoms with Crippen molar-refractivity contribution in [2.75, 3.05) is 6.54 Å². The highest BCUT2D eigenvalue weighted by molar-refractivity contribution is 5.91. The number of hydrogen-bond donors (Lipinski definition) is 2. The van der Waals surface area contributed by atoms with Crippen molar-refractivity contribution in [2.24, 2.45) is 11.7 Å². The molecule has 6 nitrogen and oxygen atoms in total. The summed E-state index contributed by atoms with van der Waals surface area (Å²) in [5.41, 5.74) is 5.09. The molecule has 0 aromatic rings. The second-order valence-corrected chi connectivity index (χ2v) is 3.73. The molecule has 0 bridgehead atoms. The summed E-state index contributed by atoms with van der Waals surface area (Å²) < 4.78 is 0. The molecule has 6 heteroatoms. The van der Waals surface area contributed by atoms with Crippen LogP contribution in [0.25, 0.3) is 0 Å². The molecule has 88 valence electrons. The van der Waals surface area contributed by atoms with E-state index in [9.17, 15) is 14.4 Å². The summed E-state index contributed by atoms with van der Waals surface area (Å²) in [6.45, 7) is 3.52. The first-order valence-corrected chi connectivity index (χ1v) is 4.89. The Balaban J connectivity index is 2.79. The molecule has 3 N–H and O–H groups in total. The second kappa shape index (κ2) is 4.78. The molecular weight excluding hydrogens is 212 g/mol. The third kappa shape index (κ3) is 2.39. The standard InChI is InChI=1S/C10H14N2O4/c1-2-3-7(10(15)16)12-5-6(9(11)14)4-8(12)13/h2,6-7H,1,3-5H2,(H2,11,14)(H,15,16). The van der Waals surface area contributed by atoms with Crippen molar-refractivity contribution in [3.05, 3.63) is 12.7 Å². The van der Waals surface area contributed by atoms with Crippen LogP contribution in [-0.2, 0) is 14.4 Å². The van der Waals surface area contributed by atoms with Crippen LogP contribution in [0.2, 0.25) is 0 Å². The lowest BCUT2D eigenvalue weighted by atomic mass is 10.1. The Morgan fingerprint density at radius 2 is 2.31 bits per heavy atom. The maximum Gasteiger partial charge on any atom is 0.326 e. The summed E-state index contributed by atoms with van der Waals surface area (Å²) in [5.74, 6) is -2.60. The Labute approximate surface area is 92.7 Å². The summed E-state index contributed by atoms with van der Waals surface area (Å²) in [7, 11) is 0. The summed E-state index contributed by atoms with van der Waals surface area (Å²) >= 11 is 0. The minimum Gasteiger partial charge on any atom is -0.480 e. The van der Waals surface area contributed by atoms with E-state index in [0.29, 0.717) is 0 Å². The lowest BCUT2D eigenvalue weighted by molar-refractivity contribution is -0.148. The molecule has 0 aromatic carbocycles. The van der Waals surface area contributed by atoms with Crippen molar-refractivity contribution in [3.8, 4) is 0 Å². The molecule has 0 spiro atoms. The van der Waals surface area contributed by atoms with Crippen molar-refractivity contribution >= 4 is 17.8 Å². The molecule has 2 atom stereocenters. The third-order valence-electron chi connectivity index (χ3n) is 2.61. The third-order valence-corrected chi connectivity index (χ3v) is 2.61. The van der Waals surface area contributed by atoms with Crippen LogP contribution in [0.4, 0.5) is 0 Å². The fourth-order valence-corrected chi connectivity index (χ4v) is 1.74. The van der Waals surface area contributed by atoms with Crippen LogP contribution in [-0.4, -0.2) is 40.4 Å². The van der Waals surface area contributed by atoms with E-state index >= 15 is 0 Å². The maximum absolute atomic E-state index is 11.5. The normalized spacial score (nSPS) is 21.9. The minimum atomic E-state index is -1.10. The smallest absolute Gasteiger partial charge is 0.326 e. The number of carbonyl (C=O) groups is 3. The summed E-state index contributed by atoms with van der Waals surface area (Å²) in [6.07, 6.45) is 1.59. The van der Waals surface area contributed by atoms with E-state index in [1.165, 1.54) is 11.0 Å². The highest BCUT2D eigenvalue weighted by Gasteiger charge is 2.39. The van der Waals surface area contributed by atoms with Crippen molar-refractivity contribution in [2.45, 2.75) is 18.9 Å². The van der Waals surface area contributed by atoms with Crippen LogP contribution in [0.1, 0.15) is 12.8 Å². The van der Waals surface area contributed by atoms with Crippen molar-refractivity contribution < 1.29 is 19.5 Å². The lowest BCUT2D eigenvalue weighted by Gasteiger charge is -2.23. The first-order chi connectivity index (χ1) is 7.47. The molecule has 1 aliphatic heterocycles. The molecule has 1 heterocycles. The molecule has 1 rings (SSSR count). The molecule has 2 amide bonds.